The smallest absolute Gasteiger partial charge is 0.171 e. The molecule has 2 aromatic carbocycles. The fourth-order valence-electron chi connectivity index (χ4n) is 3.08. The Morgan fingerprint density at radius 2 is 1.81 bits per heavy atom. The van der Waals surface area contributed by atoms with E-state index in [9.17, 15) is 0 Å². The molecule has 1 aliphatic heterocycles. The van der Waals surface area contributed by atoms with E-state index in [1.165, 1.54) is 5.69 Å². The molecule has 0 spiro atoms. The van der Waals surface area contributed by atoms with Gasteiger partial charge in [0.05, 0.1) is 51.7 Å². The number of likely N-dealkylation sites (N-methyl/N-ethyl adjacent to an activating group) is 1. The topological polar surface area (TPSA) is 41.0 Å². The first-order valence-corrected chi connectivity index (χ1v) is 9.39. The number of thiocarbonyl (C=S) groups is 1. The van der Waals surface area contributed by atoms with Crippen molar-refractivity contribution in [1.82, 2.24) is 5.32 Å². The summed E-state index contributed by atoms with van der Waals surface area (Å²) in [5, 5.41) is 7.27. The van der Waals surface area contributed by atoms with Crippen molar-refractivity contribution in [3.8, 4) is 5.75 Å². The van der Waals surface area contributed by atoms with Gasteiger partial charge in [-0.3, -0.25) is 0 Å². The van der Waals surface area contributed by atoms with Crippen LogP contribution in [0.3, 0.4) is 0 Å². The van der Waals surface area contributed by atoms with E-state index < -0.39 is 0 Å². The first-order valence-electron chi connectivity index (χ1n) is 8.99. The number of piperazine rings is 1. The fraction of sp³-hybridized carbons (Fsp3) is 0.350. The molecule has 0 aromatic heterocycles. The molecule has 26 heavy (non-hydrogen) atoms. The molecule has 0 amide bonds. The molecular weight excluding hydrogens is 344 g/mol. The van der Waals surface area contributed by atoms with Crippen LogP contribution >= 0.6 is 12.2 Å². The third-order valence-electron chi connectivity index (χ3n) is 4.72. The minimum Gasteiger partial charge on any atom is -0.497 e. The Morgan fingerprint density at radius 1 is 1.12 bits per heavy atom. The molecule has 0 bridgehead atoms. The van der Waals surface area contributed by atoms with Crippen LogP contribution in [0.2, 0.25) is 0 Å². The molecule has 1 fully saturated rings. The van der Waals surface area contributed by atoms with E-state index >= 15 is 0 Å². The van der Waals surface area contributed by atoms with E-state index in [2.05, 4.69) is 40.8 Å². The van der Waals surface area contributed by atoms with E-state index in [1.54, 1.807) is 12.0 Å². The lowest BCUT2D eigenvalue weighted by Gasteiger charge is -2.33. The van der Waals surface area contributed by atoms with Gasteiger partial charge >= 0.3 is 0 Å². The van der Waals surface area contributed by atoms with Gasteiger partial charge < -0.3 is 25.2 Å². The minimum absolute atomic E-state index is 0.632. The zero-order valence-electron chi connectivity index (χ0n) is 15.4. The van der Waals surface area contributed by atoms with Gasteiger partial charge in [-0.1, -0.05) is 24.3 Å². The van der Waals surface area contributed by atoms with Gasteiger partial charge in [0.2, 0.25) is 0 Å². The first-order chi connectivity index (χ1) is 12.7. The van der Waals surface area contributed by atoms with Crippen LogP contribution in [0.25, 0.3) is 0 Å². The highest BCUT2D eigenvalue weighted by atomic mass is 32.1. The fourth-order valence-corrected chi connectivity index (χ4v) is 3.26. The van der Waals surface area contributed by atoms with Crippen LogP contribution in [0.5, 0.6) is 5.75 Å². The maximum Gasteiger partial charge on any atom is 0.171 e. The maximum atomic E-state index is 5.49. The monoisotopic (exact) mass is 371 g/mol. The Hall–Kier alpha value is -2.31. The Labute approximate surface area is 160 Å². The highest BCUT2D eigenvalue weighted by molar-refractivity contribution is 7.80. The third-order valence-corrected chi connectivity index (χ3v) is 4.97. The van der Waals surface area contributed by atoms with Crippen molar-refractivity contribution in [2.24, 2.45) is 0 Å². The van der Waals surface area contributed by atoms with Crippen molar-refractivity contribution >= 4 is 28.7 Å². The molecular formula is C20H27N4OS+. The molecule has 1 aliphatic rings. The molecule has 6 heteroatoms. The van der Waals surface area contributed by atoms with Crippen LogP contribution in [-0.2, 0) is 6.54 Å². The van der Waals surface area contributed by atoms with Crippen LogP contribution < -0.4 is 25.2 Å². The van der Waals surface area contributed by atoms with Gasteiger partial charge in [0.25, 0.3) is 0 Å². The summed E-state index contributed by atoms with van der Waals surface area (Å²) in [5.41, 5.74) is 3.43. The normalized spacial score (nSPS) is 14.8. The molecule has 1 saturated heterocycles. The van der Waals surface area contributed by atoms with Crippen molar-refractivity contribution < 1.29 is 9.64 Å². The van der Waals surface area contributed by atoms with Gasteiger partial charge in [0.15, 0.2) is 5.11 Å². The summed E-state index contributed by atoms with van der Waals surface area (Å²) in [6, 6.07) is 16.4. The SMILES string of the molecule is COc1ccc(CNC(=S)Nc2ccccc2N2CC[NH+](C)CC2)cc1. The summed E-state index contributed by atoms with van der Waals surface area (Å²) < 4.78 is 5.19. The quantitative estimate of drug-likeness (QED) is 0.696. The summed E-state index contributed by atoms with van der Waals surface area (Å²) in [6.45, 7) is 5.13. The Balaban J connectivity index is 1.58. The van der Waals surface area contributed by atoms with Crippen LogP contribution in [0.15, 0.2) is 48.5 Å². The van der Waals surface area contributed by atoms with Gasteiger partial charge in [0, 0.05) is 6.54 Å². The number of rotatable bonds is 5. The van der Waals surface area contributed by atoms with Crippen LogP contribution in [0, 0.1) is 0 Å². The van der Waals surface area contributed by atoms with E-state index in [4.69, 9.17) is 17.0 Å². The van der Waals surface area contributed by atoms with E-state index in [1.807, 2.05) is 30.3 Å². The number of nitrogens with one attached hydrogen (secondary N) is 3. The van der Waals surface area contributed by atoms with Gasteiger partial charge in [-0.25, -0.2) is 0 Å². The van der Waals surface area contributed by atoms with Crippen LogP contribution in [-0.4, -0.2) is 45.4 Å². The maximum absolute atomic E-state index is 5.49. The number of quaternary nitrogens is 1. The average Bonchev–Trinajstić information content (AvgIpc) is 2.68. The zero-order valence-corrected chi connectivity index (χ0v) is 16.2. The number of methoxy groups -OCH3 is 1. The number of hydrogen-bond donors (Lipinski definition) is 3. The molecule has 0 saturated carbocycles. The van der Waals surface area contributed by atoms with E-state index in [-0.39, 0.29) is 0 Å². The molecule has 138 valence electrons. The summed E-state index contributed by atoms with van der Waals surface area (Å²) in [5.74, 6) is 0.859. The number of hydrogen-bond acceptors (Lipinski definition) is 3. The summed E-state index contributed by atoms with van der Waals surface area (Å²) in [6.07, 6.45) is 0. The Kier molecular flexibility index (Phi) is 6.30. The minimum atomic E-state index is 0.632. The second-order valence-electron chi connectivity index (χ2n) is 6.62. The molecule has 0 unspecified atom stereocenters. The summed E-state index contributed by atoms with van der Waals surface area (Å²) in [4.78, 5) is 4.02. The zero-order chi connectivity index (χ0) is 18.4. The second-order valence-corrected chi connectivity index (χ2v) is 7.03. The third kappa shape index (κ3) is 4.86. The lowest BCUT2D eigenvalue weighted by Crippen LogP contribution is -3.12. The number of para-hydroxylation sites is 2. The van der Waals surface area contributed by atoms with Crippen molar-refractivity contribution in [2.45, 2.75) is 6.54 Å². The number of benzene rings is 2. The molecule has 3 rings (SSSR count). The van der Waals surface area contributed by atoms with Crippen molar-refractivity contribution in [1.29, 1.82) is 0 Å². The van der Waals surface area contributed by atoms with Gasteiger partial charge in [-0.05, 0) is 42.0 Å². The lowest BCUT2D eigenvalue weighted by atomic mass is 10.2. The van der Waals surface area contributed by atoms with Crippen molar-refractivity contribution in [3.05, 3.63) is 54.1 Å². The highest BCUT2D eigenvalue weighted by Gasteiger charge is 2.19. The summed E-state index contributed by atoms with van der Waals surface area (Å²) >= 11 is 5.49. The first kappa shape index (κ1) is 18.5. The number of ether oxygens (including phenoxy) is 1. The molecule has 3 N–H and O–H groups in total. The standard InChI is InChI=1S/C20H26N4OS/c1-23-11-13-24(14-12-23)19-6-4-3-5-18(19)22-20(26)21-15-16-7-9-17(25-2)10-8-16/h3-10H,11-15H2,1-2H3,(H2,21,22,26)/p+1. The number of anilines is 2. The highest BCUT2D eigenvalue weighted by Crippen LogP contribution is 2.25. The van der Waals surface area contributed by atoms with Crippen LogP contribution in [0.4, 0.5) is 11.4 Å². The molecule has 5 nitrogen and oxygen atoms in total. The second kappa shape index (κ2) is 8.87. The van der Waals surface area contributed by atoms with Gasteiger partial charge in [-0.2, -0.15) is 0 Å². The molecule has 2 aromatic rings. The predicted octanol–water partition coefficient (Wildman–Crippen LogP) is 1.52. The summed E-state index contributed by atoms with van der Waals surface area (Å²) in [7, 11) is 3.92. The van der Waals surface area contributed by atoms with E-state index in [0.29, 0.717) is 11.7 Å². The van der Waals surface area contributed by atoms with E-state index in [0.717, 1.165) is 43.2 Å². The van der Waals surface area contributed by atoms with Crippen molar-refractivity contribution in [3.63, 3.8) is 0 Å². The molecule has 0 aliphatic carbocycles. The van der Waals surface area contributed by atoms with Crippen molar-refractivity contribution in [2.75, 3.05) is 50.6 Å². The lowest BCUT2D eigenvalue weighted by molar-refractivity contribution is -0.880. The van der Waals surface area contributed by atoms with Crippen LogP contribution in [0.1, 0.15) is 5.56 Å². The largest absolute Gasteiger partial charge is 0.497 e. The predicted molar refractivity (Wildman–Crippen MR) is 111 cm³/mol. The Morgan fingerprint density at radius 3 is 2.50 bits per heavy atom. The van der Waals surface area contributed by atoms with Gasteiger partial charge in [0.1, 0.15) is 5.75 Å². The molecule has 0 radical (unpaired) electrons. The van der Waals surface area contributed by atoms with Gasteiger partial charge in [-0.15, -0.1) is 0 Å². The Bertz CT molecular complexity index is 727. The number of nitrogens with zero attached hydrogens (tertiary/aromatic N) is 1. The molecule has 0 atom stereocenters. The molecule has 1 heterocycles. The average molecular weight is 372 g/mol.